The molecule has 0 atom stereocenters. The molecule has 0 radical (unpaired) electrons. The van der Waals surface area contributed by atoms with Gasteiger partial charge in [0.15, 0.2) is 5.76 Å². The van der Waals surface area contributed by atoms with Crippen LogP contribution in [-0.2, 0) is 6.61 Å². The van der Waals surface area contributed by atoms with Crippen LogP contribution in [-0.4, -0.2) is 49.1 Å². The van der Waals surface area contributed by atoms with E-state index in [0.29, 0.717) is 54.9 Å². The predicted molar refractivity (Wildman–Crippen MR) is 136 cm³/mol. The Bertz CT molecular complexity index is 1430. The zero-order chi connectivity index (χ0) is 25.8. The molecule has 1 aliphatic rings. The number of nitriles is 1. The molecule has 9 nitrogen and oxygen atoms in total. The van der Waals surface area contributed by atoms with Crippen LogP contribution in [0.3, 0.4) is 0 Å². The number of nitrogens with zero attached hydrogens (tertiary/aromatic N) is 4. The highest BCUT2D eigenvalue weighted by Gasteiger charge is 2.28. The first-order valence-corrected chi connectivity index (χ1v) is 11.9. The van der Waals surface area contributed by atoms with Crippen LogP contribution in [0.1, 0.15) is 27.4 Å². The van der Waals surface area contributed by atoms with E-state index in [9.17, 15) is 10.1 Å². The van der Waals surface area contributed by atoms with Crippen LogP contribution in [0.5, 0.6) is 11.5 Å². The van der Waals surface area contributed by atoms with E-state index < -0.39 is 0 Å². The minimum absolute atomic E-state index is 0.0618. The maximum absolute atomic E-state index is 12.9. The summed E-state index contributed by atoms with van der Waals surface area (Å²) in [5.41, 5.74) is 1.91. The normalized spacial score (nSPS) is 13.3. The second-order valence-electron chi connectivity index (χ2n) is 8.66. The summed E-state index contributed by atoms with van der Waals surface area (Å²) < 4.78 is 22.8. The number of amides is 1. The van der Waals surface area contributed by atoms with Crippen molar-refractivity contribution in [3.63, 3.8) is 0 Å². The largest absolute Gasteiger partial charge is 0.497 e. The molecule has 0 bridgehead atoms. The number of carbonyl (C=O) groups excluding carboxylic acids is 1. The Morgan fingerprint density at radius 1 is 1.03 bits per heavy atom. The molecule has 0 spiro atoms. The summed E-state index contributed by atoms with van der Waals surface area (Å²) in [5, 5.41) is 9.66. The Kier molecular flexibility index (Phi) is 6.81. The first-order valence-electron chi connectivity index (χ1n) is 11.9. The summed E-state index contributed by atoms with van der Waals surface area (Å²) in [7, 11) is 1.57. The first-order chi connectivity index (χ1) is 18.0. The number of rotatable bonds is 7. The fraction of sp³-hybridized carbons (Fsp3) is 0.250. The maximum atomic E-state index is 12.9. The number of furan rings is 1. The Balaban J connectivity index is 1.23. The quantitative estimate of drug-likeness (QED) is 0.362. The second kappa shape index (κ2) is 10.5. The monoisotopic (exact) mass is 498 g/mol. The number of aryl methyl sites for hydroxylation is 1. The first kappa shape index (κ1) is 24.0. The fourth-order valence-corrected chi connectivity index (χ4v) is 4.12. The molecule has 1 saturated heterocycles. The van der Waals surface area contributed by atoms with Gasteiger partial charge in [0.1, 0.15) is 29.9 Å². The van der Waals surface area contributed by atoms with Crippen molar-refractivity contribution in [1.82, 2.24) is 9.88 Å². The predicted octanol–water partition coefficient (Wildman–Crippen LogP) is 4.66. The van der Waals surface area contributed by atoms with Crippen molar-refractivity contribution < 1.29 is 23.1 Å². The van der Waals surface area contributed by atoms with Gasteiger partial charge in [0.2, 0.25) is 11.6 Å². The molecule has 0 aliphatic carbocycles. The molecule has 1 fully saturated rings. The molecular weight excluding hydrogens is 472 g/mol. The van der Waals surface area contributed by atoms with Crippen molar-refractivity contribution in [2.45, 2.75) is 13.5 Å². The molecule has 2 aromatic carbocycles. The molecule has 4 aromatic rings. The van der Waals surface area contributed by atoms with Crippen molar-refractivity contribution in [2.24, 2.45) is 0 Å². The molecular formula is C28H26N4O5. The summed E-state index contributed by atoms with van der Waals surface area (Å²) >= 11 is 0. The number of aromatic nitrogens is 1. The molecule has 1 amide bonds. The van der Waals surface area contributed by atoms with E-state index in [1.54, 1.807) is 48.4 Å². The average molecular weight is 499 g/mol. The topological polar surface area (TPSA) is 105 Å². The average Bonchev–Trinajstić information content (AvgIpc) is 3.60. The summed E-state index contributed by atoms with van der Waals surface area (Å²) in [5.74, 6) is 2.95. The van der Waals surface area contributed by atoms with Crippen molar-refractivity contribution in [2.75, 3.05) is 38.2 Å². The highest BCUT2D eigenvalue weighted by atomic mass is 16.5. The van der Waals surface area contributed by atoms with E-state index in [0.717, 1.165) is 11.3 Å². The molecule has 0 N–H and O–H groups in total. The van der Waals surface area contributed by atoms with Gasteiger partial charge >= 0.3 is 0 Å². The number of anilines is 1. The van der Waals surface area contributed by atoms with Gasteiger partial charge in [-0.05, 0) is 49.4 Å². The van der Waals surface area contributed by atoms with E-state index in [-0.39, 0.29) is 24.1 Å². The molecule has 37 heavy (non-hydrogen) atoms. The van der Waals surface area contributed by atoms with Gasteiger partial charge in [0, 0.05) is 31.7 Å². The highest BCUT2D eigenvalue weighted by Crippen LogP contribution is 2.30. The third-order valence-corrected chi connectivity index (χ3v) is 6.16. The van der Waals surface area contributed by atoms with Crippen LogP contribution >= 0.6 is 0 Å². The van der Waals surface area contributed by atoms with Gasteiger partial charge in [0.05, 0.1) is 7.11 Å². The molecule has 188 valence electrons. The lowest BCUT2D eigenvalue weighted by molar-refractivity contribution is 0.0745. The van der Waals surface area contributed by atoms with Gasteiger partial charge in [0.25, 0.3) is 11.8 Å². The van der Waals surface area contributed by atoms with Crippen LogP contribution in [0, 0.1) is 18.3 Å². The van der Waals surface area contributed by atoms with Gasteiger partial charge in [-0.25, -0.2) is 0 Å². The number of benzene rings is 2. The van der Waals surface area contributed by atoms with E-state index in [2.05, 4.69) is 11.1 Å². The molecule has 0 saturated carbocycles. The number of piperazine rings is 1. The number of ether oxygens (including phenoxy) is 2. The van der Waals surface area contributed by atoms with E-state index in [1.807, 2.05) is 36.1 Å². The SMILES string of the molecule is COc1cccc(C(=O)N2CCN(c3oc(-c4ccc(COc5ccc(C)cc5)o4)nc3C#N)CC2)c1. The number of oxazole rings is 1. The van der Waals surface area contributed by atoms with Gasteiger partial charge in [-0.3, -0.25) is 4.79 Å². The van der Waals surface area contributed by atoms with Gasteiger partial charge in [-0.1, -0.05) is 23.8 Å². The summed E-state index contributed by atoms with van der Waals surface area (Å²) in [4.78, 5) is 21.0. The van der Waals surface area contributed by atoms with Crippen LogP contribution in [0.4, 0.5) is 5.88 Å². The lowest BCUT2D eigenvalue weighted by atomic mass is 10.1. The molecule has 3 heterocycles. The van der Waals surface area contributed by atoms with Crippen LogP contribution in [0.15, 0.2) is 69.5 Å². The van der Waals surface area contributed by atoms with E-state index in [4.69, 9.17) is 18.3 Å². The third kappa shape index (κ3) is 5.28. The van der Waals surface area contributed by atoms with E-state index >= 15 is 0 Å². The van der Waals surface area contributed by atoms with Gasteiger partial charge < -0.3 is 28.1 Å². The number of hydrogen-bond acceptors (Lipinski definition) is 8. The number of carbonyl (C=O) groups is 1. The van der Waals surface area contributed by atoms with Crippen LogP contribution in [0.2, 0.25) is 0 Å². The van der Waals surface area contributed by atoms with Gasteiger partial charge in [-0.2, -0.15) is 10.2 Å². The second-order valence-corrected chi connectivity index (χ2v) is 8.66. The Morgan fingerprint density at radius 3 is 2.54 bits per heavy atom. The molecule has 2 aromatic heterocycles. The standard InChI is InChI=1S/C28H26N4O5/c1-19-6-8-21(9-7-19)35-18-23-10-11-25(36-23)26-30-24(17-29)28(37-26)32-14-12-31(13-15-32)27(33)20-4-3-5-22(16-20)34-2/h3-11,16H,12-15,18H2,1-2H3. The Labute approximate surface area is 214 Å². The lowest BCUT2D eigenvalue weighted by Gasteiger charge is -2.34. The zero-order valence-electron chi connectivity index (χ0n) is 20.6. The third-order valence-electron chi connectivity index (χ3n) is 6.16. The molecule has 9 heteroatoms. The summed E-state index contributed by atoms with van der Waals surface area (Å²) in [6, 6.07) is 20.5. The fourth-order valence-electron chi connectivity index (χ4n) is 4.12. The van der Waals surface area contributed by atoms with Crippen molar-refractivity contribution >= 4 is 11.8 Å². The summed E-state index contributed by atoms with van der Waals surface area (Å²) in [6.07, 6.45) is 0. The molecule has 5 rings (SSSR count). The smallest absolute Gasteiger partial charge is 0.266 e. The minimum atomic E-state index is -0.0618. The van der Waals surface area contributed by atoms with Crippen LogP contribution < -0.4 is 14.4 Å². The lowest BCUT2D eigenvalue weighted by Crippen LogP contribution is -2.48. The minimum Gasteiger partial charge on any atom is -0.497 e. The van der Waals surface area contributed by atoms with Crippen molar-refractivity contribution in [3.8, 4) is 29.2 Å². The Morgan fingerprint density at radius 2 is 1.81 bits per heavy atom. The zero-order valence-corrected chi connectivity index (χ0v) is 20.6. The number of hydrogen-bond donors (Lipinski definition) is 0. The maximum Gasteiger partial charge on any atom is 0.266 e. The van der Waals surface area contributed by atoms with Crippen LogP contribution in [0.25, 0.3) is 11.7 Å². The van der Waals surface area contributed by atoms with Crippen molar-refractivity contribution in [1.29, 1.82) is 5.26 Å². The Hall–Kier alpha value is -4.71. The van der Waals surface area contributed by atoms with Gasteiger partial charge in [-0.15, -0.1) is 0 Å². The number of methoxy groups -OCH3 is 1. The van der Waals surface area contributed by atoms with E-state index in [1.165, 1.54) is 0 Å². The van der Waals surface area contributed by atoms with Crippen molar-refractivity contribution in [3.05, 3.63) is 83.2 Å². The molecule has 1 aliphatic heterocycles. The summed E-state index contributed by atoms with van der Waals surface area (Å²) in [6.45, 7) is 4.26. The molecule has 0 unspecified atom stereocenters. The highest BCUT2D eigenvalue weighted by molar-refractivity contribution is 5.94.